The van der Waals surface area contributed by atoms with Gasteiger partial charge in [-0.05, 0) is 20.6 Å². The zero-order valence-corrected chi connectivity index (χ0v) is 12.3. The number of hydrogen-bond acceptors (Lipinski definition) is 4. The molecule has 0 aromatic carbocycles. The summed E-state index contributed by atoms with van der Waals surface area (Å²) in [6.07, 6.45) is 0.541. The first kappa shape index (κ1) is 15.9. The van der Waals surface area contributed by atoms with Gasteiger partial charge in [0.05, 0.1) is 6.54 Å². The number of carbonyl (C=O) groups excluding carboxylic acids is 2. The van der Waals surface area contributed by atoms with Gasteiger partial charge in [-0.1, -0.05) is 6.92 Å². The van der Waals surface area contributed by atoms with Crippen molar-refractivity contribution in [2.24, 2.45) is 0 Å². The molecule has 0 aromatic heterocycles. The Labute approximate surface area is 115 Å². The molecule has 6 heteroatoms. The van der Waals surface area contributed by atoms with Crippen LogP contribution >= 0.6 is 0 Å². The highest BCUT2D eigenvalue weighted by atomic mass is 16.2. The number of piperazine rings is 1. The van der Waals surface area contributed by atoms with E-state index in [2.05, 4.69) is 5.32 Å². The van der Waals surface area contributed by atoms with Gasteiger partial charge in [0.2, 0.25) is 11.8 Å². The maximum Gasteiger partial charge on any atom is 0.236 e. The summed E-state index contributed by atoms with van der Waals surface area (Å²) in [4.78, 5) is 29.3. The first-order valence-electron chi connectivity index (χ1n) is 6.95. The maximum atomic E-state index is 11.9. The van der Waals surface area contributed by atoms with Gasteiger partial charge in [0.25, 0.3) is 0 Å². The molecule has 0 aliphatic carbocycles. The summed E-state index contributed by atoms with van der Waals surface area (Å²) in [5.41, 5.74) is 0. The number of nitrogens with one attached hydrogen (secondary N) is 1. The van der Waals surface area contributed by atoms with Crippen LogP contribution in [-0.4, -0.2) is 86.4 Å². The number of nitrogens with zero attached hydrogens (tertiary/aromatic N) is 3. The first-order chi connectivity index (χ1) is 9.04. The van der Waals surface area contributed by atoms with Crippen LogP contribution in [0.2, 0.25) is 0 Å². The second-order valence-corrected chi connectivity index (χ2v) is 5.10. The summed E-state index contributed by atoms with van der Waals surface area (Å²) >= 11 is 0. The van der Waals surface area contributed by atoms with E-state index < -0.39 is 0 Å². The Kier molecular flexibility index (Phi) is 6.80. The molecule has 0 radical (unpaired) electrons. The van der Waals surface area contributed by atoms with E-state index in [4.69, 9.17) is 0 Å². The van der Waals surface area contributed by atoms with Gasteiger partial charge in [-0.2, -0.15) is 0 Å². The summed E-state index contributed by atoms with van der Waals surface area (Å²) in [5.74, 6) is 0.324. The lowest BCUT2D eigenvalue weighted by molar-refractivity contribution is -0.139. The largest absolute Gasteiger partial charge is 0.339 e. The Bertz CT molecular complexity index is 299. The fourth-order valence-electron chi connectivity index (χ4n) is 2.11. The highest BCUT2D eigenvalue weighted by Crippen LogP contribution is 2.04. The van der Waals surface area contributed by atoms with Crippen LogP contribution in [0.4, 0.5) is 0 Å². The van der Waals surface area contributed by atoms with Crippen LogP contribution in [0.3, 0.4) is 0 Å². The van der Waals surface area contributed by atoms with E-state index in [1.165, 1.54) is 0 Å². The Morgan fingerprint density at radius 2 is 1.58 bits per heavy atom. The van der Waals surface area contributed by atoms with Gasteiger partial charge in [0, 0.05) is 39.1 Å². The van der Waals surface area contributed by atoms with E-state index in [0.717, 1.165) is 13.1 Å². The van der Waals surface area contributed by atoms with Crippen molar-refractivity contribution in [2.75, 3.05) is 59.9 Å². The van der Waals surface area contributed by atoms with Crippen LogP contribution < -0.4 is 5.32 Å². The molecule has 0 bridgehead atoms. The number of hydrogen-bond donors (Lipinski definition) is 1. The third-order valence-electron chi connectivity index (χ3n) is 3.20. The molecule has 0 saturated carbocycles. The predicted octanol–water partition coefficient (Wildman–Crippen LogP) is -0.782. The molecule has 0 atom stereocenters. The summed E-state index contributed by atoms with van der Waals surface area (Å²) in [7, 11) is 3.77. The summed E-state index contributed by atoms with van der Waals surface area (Å²) in [6, 6.07) is 0. The van der Waals surface area contributed by atoms with Crippen LogP contribution in [0.5, 0.6) is 0 Å². The molecule has 2 amide bonds. The van der Waals surface area contributed by atoms with Crippen LogP contribution in [0, 0.1) is 0 Å². The van der Waals surface area contributed by atoms with Crippen molar-refractivity contribution >= 4 is 11.8 Å². The summed E-state index contributed by atoms with van der Waals surface area (Å²) in [6.45, 7) is 6.71. The molecule has 0 unspecified atom stereocenters. The van der Waals surface area contributed by atoms with Gasteiger partial charge in [-0.3, -0.25) is 9.59 Å². The Balaban J connectivity index is 2.28. The quantitative estimate of drug-likeness (QED) is 0.643. The van der Waals surface area contributed by atoms with Crippen molar-refractivity contribution in [1.82, 2.24) is 20.0 Å². The normalized spacial score (nSPS) is 16.0. The zero-order valence-electron chi connectivity index (χ0n) is 12.3. The van der Waals surface area contributed by atoms with Crippen molar-refractivity contribution in [1.29, 1.82) is 0 Å². The minimum atomic E-state index is 0.143. The third kappa shape index (κ3) is 5.57. The van der Waals surface area contributed by atoms with Crippen molar-refractivity contribution in [2.45, 2.75) is 13.3 Å². The van der Waals surface area contributed by atoms with Gasteiger partial charge in [-0.25, -0.2) is 0 Å². The number of rotatable bonds is 6. The molecule has 1 aliphatic heterocycles. The van der Waals surface area contributed by atoms with E-state index >= 15 is 0 Å². The molecular weight excluding hydrogens is 244 g/mol. The zero-order chi connectivity index (χ0) is 14.3. The Morgan fingerprint density at radius 1 is 1.05 bits per heavy atom. The minimum Gasteiger partial charge on any atom is -0.339 e. The second kappa shape index (κ2) is 8.12. The fraction of sp³-hybridized carbons (Fsp3) is 0.846. The Morgan fingerprint density at radius 3 is 2.05 bits per heavy atom. The smallest absolute Gasteiger partial charge is 0.236 e. The monoisotopic (exact) mass is 270 g/mol. The highest BCUT2D eigenvalue weighted by molar-refractivity contribution is 5.79. The van der Waals surface area contributed by atoms with Gasteiger partial charge in [0.1, 0.15) is 0 Å². The van der Waals surface area contributed by atoms with Crippen LogP contribution in [0.15, 0.2) is 0 Å². The topological polar surface area (TPSA) is 55.9 Å². The lowest BCUT2D eigenvalue weighted by Crippen LogP contribution is -2.52. The standard InChI is InChI=1S/C13H26N4O2/c1-4-14-6-5-12(18)16-7-9-17(10-8-16)13(19)11-15(2)3/h14H,4-11H2,1-3H3. The molecule has 110 valence electrons. The van der Waals surface area contributed by atoms with Crippen molar-refractivity contribution in [3.05, 3.63) is 0 Å². The van der Waals surface area contributed by atoms with Gasteiger partial charge in [-0.15, -0.1) is 0 Å². The summed E-state index contributed by atoms with van der Waals surface area (Å²) in [5, 5.41) is 3.15. The highest BCUT2D eigenvalue weighted by Gasteiger charge is 2.23. The maximum absolute atomic E-state index is 11.9. The van der Waals surface area contributed by atoms with Gasteiger partial charge < -0.3 is 20.0 Å². The van der Waals surface area contributed by atoms with Crippen molar-refractivity contribution in [3.8, 4) is 0 Å². The SMILES string of the molecule is CCNCCC(=O)N1CCN(C(=O)CN(C)C)CC1. The molecule has 0 spiro atoms. The number of carbonyl (C=O) groups is 2. The molecule has 1 N–H and O–H groups in total. The molecule has 6 nitrogen and oxygen atoms in total. The van der Waals surface area contributed by atoms with Gasteiger partial charge >= 0.3 is 0 Å². The predicted molar refractivity (Wildman–Crippen MR) is 74.9 cm³/mol. The average Bonchev–Trinajstić information content (AvgIpc) is 2.38. The van der Waals surface area contributed by atoms with Crippen molar-refractivity contribution < 1.29 is 9.59 Å². The van der Waals surface area contributed by atoms with E-state index in [1.807, 2.05) is 35.7 Å². The van der Waals surface area contributed by atoms with Crippen LogP contribution in [-0.2, 0) is 9.59 Å². The fourth-order valence-corrected chi connectivity index (χ4v) is 2.11. The van der Waals surface area contributed by atoms with E-state index in [-0.39, 0.29) is 11.8 Å². The minimum absolute atomic E-state index is 0.143. The lowest BCUT2D eigenvalue weighted by atomic mass is 10.2. The van der Waals surface area contributed by atoms with Crippen LogP contribution in [0.25, 0.3) is 0 Å². The number of amides is 2. The van der Waals surface area contributed by atoms with Crippen molar-refractivity contribution in [3.63, 3.8) is 0 Å². The molecule has 1 fully saturated rings. The lowest BCUT2D eigenvalue weighted by Gasteiger charge is -2.35. The molecule has 1 rings (SSSR count). The van der Waals surface area contributed by atoms with E-state index in [9.17, 15) is 9.59 Å². The molecule has 1 saturated heterocycles. The van der Waals surface area contributed by atoms with Crippen LogP contribution in [0.1, 0.15) is 13.3 Å². The number of likely N-dealkylation sites (N-methyl/N-ethyl adjacent to an activating group) is 1. The summed E-state index contributed by atoms with van der Waals surface area (Å²) < 4.78 is 0. The van der Waals surface area contributed by atoms with E-state index in [1.54, 1.807) is 0 Å². The third-order valence-corrected chi connectivity index (χ3v) is 3.20. The van der Waals surface area contributed by atoms with E-state index in [0.29, 0.717) is 39.1 Å². The average molecular weight is 270 g/mol. The molecule has 19 heavy (non-hydrogen) atoms. The van der Waals surface area contributed by atoms with Gasteiger partial charge in [0.15, 0.2) is 0 Å². The Hall–Kier alpha value is -1.14. The molecular formula is C13H26N4O2. The first-order valence-corrected chi connectivity index (χ1v) is 6.95. The second-order valence-electron chi connectivity index (χ2n) is 5.10. The molecule has 0 aromatic rings. The molecule has 1 heterocycles. The molecule has 1 aliphatic rings.